The van der Waals surface area contributed by atoms with Gasteiger partial charge in [0.15, 0.2) is 11.6 Å². The van der Waals surface area contributed by atoms with Crippen molar-refractivity contribution >= 4 is 23.4 Å². The number of carbonyl (C=O) groups is 4. The quantitative estimate of drug-likeness (QED) is 0.726. The highest BCUT2D eigenvalue weighted by Gasteiger charge is 2.37. The minimum atomic E-state index is -0.445. The molecule has 5 nitrogen and oxygen atoms in total. The Hall–Kier alpha value is -2.30. The summed E-state index contributed by atoms with van der Waals surface area (Å²) in [7, 11) is 1.39. The van der Waals surface area contributed by atoms with E-state index >= 15 is 0 Å². The van der Waals surface area contributed by atoms with Crippen molar-refractivity contribution in [3.05, 3.63) is 34.4 Å². The normalized spacial score (nSPS) is 17.5. The number of Topliss-reactive ketones (excluding diaryl/α,β-unsaturated/α-hetero) is 2. The number of allylic oxidation sites excluding steroid dienone is 4. The maximum atomic E-state index is 11.9. The summed E-state index contributed by atoms with van der Waals surface area (Å²) in [5.41, 5.74) is 1.01. The second-order valence-electron chi connectivity index (χ2n) is 4.55. The number of carbonyl (C=O) groups excluding carboxylic acids is 4. The number of fused-ring (bicyclic) bond motifs is 1. The molecule has 0 radical (unpaired) electrons. The molecular formula is C16H19NO4. The predicted octanol–water partition coefficient (Wildman–Crippen LogP) is 1.74. The van der Waals surface area contributed by atoms with Crippen molar-refractivity contribution in [3.63, 3.8) is 0 Å². The summed E-state index contributed by atoms with van der Waals surface area (Å²) in [6.07, 6.45) is 3.09. The third-order valence-corrected chi connectivity index (χ3v) is 3.29. The van der Waals surface area contributed by atoms with Crippen LogP contribution in [0.3, 0.4) is 0 Å². The number of likely N-dealkylation sites (tertiary alicyclic amines) is 1. The fourth-order valence-electron chi connectivity index (χ4n) is 2.21. The van der Waals surface area contributed by atoms with E-state index in [1.807, 2.05) is 13.8 Å². The van der Waals surface area contributed by atoms with Crippen LogP contribution in [-0.2, 0) is 19.2 Å². The van der Waals surface area contributed by atoms with E-state index in [4.69, 9.17) is 0 Å². The van der Waals surface area contributed by atoms with Crippen LogP contribution < -0.4 is 0 Å². The van der Waals surface area contributed by atoms with Crippen molar-refractivity contribution < 1.29 is 19.2 Å². The summed E-state index contributed by atoms with van der Waals surface area (Å²) in [5, 5.41) is 0. The molecule has 1 fully saturated rings. The topological polar surface area (TPSA) is 71.5 Å². The van der Waals surface area contributed by atoms with E-state index in [-0.39, 0.29) is 34.7 Å². The van der Waals surface area contributed by atoms with E-state index in [1.165, 1.54) is 27.0 Å². The Bertz CT molecular complexity index is 620. The van der Waals surface area contributed by atoms with Gasteiger partial charge in [0.2, 0.25) is 0 Å². The summed E-state index contributed by atoms with van der Waals surface area (Å²) in [5.74, 6) is -1.36. The molecule has 2 rings (SSSR count). The van der Waals surface area contributed by atoms with Crippen LogP contribution in [0.2, 0.25) is 0 Å². The van der Waals surface area contributed by atoms with Crippen molar-refractivity contribution in [2.75, 3.05) is 7.05 Å². The van der Waals surface area contributed by atoms with Crippen LogP contribution in [0.15, 0.2) is 34.4 Å². The van der Waals surface area contributed by atoms with Crippen LogP contribution in [0.4, 0.5) is 0 Å². The monoisotopic (exact) mass is 289 g/mol. The van der Waals surface area contributed by atoms with Gasteiger partial charge >= 0.3 is 0 Å². The van der Waals surface area contributed by atoms with Crippen molar-refractivity contribution in [1.82, 2.24) is 4.90 Å². The average molecular weight is 289 g/mol. The average Bonchev–Trinajstić information content (AvgIpc) is 2.64. The first-order chi connectivity index (χ1) is 9.84. The number of imide groups is 1. The van der Waals surface area contributed by atoms with Crippen LogP contribution in [0, 0.1) is 0 Å². The highest BCUT2D eigenvalue weighted by molar-refractivity contribution is 6.25. The fraction of sp³-hybridized carbons (Fsp3) is 0.375. The molecule has 0 aromatic heterocycles. The van der Waals surface area contributed by atoms with E-state index in [9.17, 15) is 19.2 Å². The fourth-order valence-corrected chi connectivity index (χ4v) is 2.21. The molecule has 0 spiro atoms. The second-order valence-corrected chi connectivity index (χ2v) is 4.55. The number of nitrogens with zero attached hydrogens (tertiary/aromatic N) is 1. The van der Waals surface area contributed by atoms with Crippen LogP contribution in [-0.4, -0.2) is 35.3 Å². The zero-order valence-electron chi connectivity index (χ0n) is 12.9. The number of amides is 2. The molecule has 1 saturated heterocycles. The molecule has 2 aliphatic rings. The standard InChI is InChI=1S/C14H13NO4.C2H6/c1-7(16)9-4-5-10-12(6-11(9)8(2)17)14(19)15(3)13(10)18;1-2/h5-6H,4H2,1-3H3;1-2H3. The molecule has 1 aliphatic heterocycles. The Labute approximate surface area is 124 Å². The van der Waals surface area contributed by atoms with Crippen LogP contribution in [0.5, 0.6) is 0 Å². The van der Waals surface area contributed by atoms with Crippen molar-refractivity contribution in [2.45, 2.75) is 34.1 Å². The minimum absolute atomic E-state index is 0.187. The lowest BCUT2D eigenvalue weighted by molar-refractivity contribution is -0.134. The molecule has 0 aromatic rings. The van der Waals surface area contributed by atoms with E-state index in [0.29, 0.717) is 5.57 Å². The lowest BCUT2D eigenvalue weighted by Gasteiger charge is -2.06. The first kappa shape index (κ1) is 16.8. The Morgan fingerprint density at radius 2 is 1.52 bits per heavy atom. The highest BCUT2D eigenvalue weighted by Crippen LogP contribution is 2.30. The van der Waals surface area contributed by atoms with Gasteiger partial charge in [-0.15, -0.1) is 0 Å². The van der Waals surface area contributed by atoms with Gasteiger partial charge in [0.25, 0.3) is 11.8 Å². The summed E-state index contributed by atoms with van der Waals surface area (Å²) in [6, 6.07) is 0. The molecule has 0 N–H and O–H groups in total. The SMILES string of the molecule is CC.CC(=O)C1=C(C(C)=O)CC=C2C(=O)N(C)C(=O)C2=C1. The lowest BCUT2D eigenvalue weighted by Crippen LogP contribution is -2.24. The predicted molar refractivity (Wildman–Crippen MR) is 78.3 cm³/mol. The Kier molecular flexibility index (Phi) is 5.13. The van der Waals surface area contributed by atoms with Crippen LogP contribution in [0.25, 0.3) is 0 Å². The summed E-state index contributed by atoms with van der Waals surface area (Å²) in [4.78, 5) is 48.0. The summed E-state index contributed by atoms with van der Waals surface area (Å²) >= 11 is 0. The lowest BCUT2D eigenvalue weighted by atomic mass is 9.99. The highest BCUT2D eigenvalue weighted by atomic mass is 16.2. The number of hydrogen-bond donors (Lipinski definition) is 0. The molecule has 2 amide bonds. The van der Waals surface area contributed by atoms with Crippen molar-refractivity contribution in [2.24, 2.45) is 0 Å². The van der Waals surface area contributed by atoms with Gasteiger partial charge < -0.3 is 0 Å². The smallest absolute Gasteiger partial charge is 0.261 e. The molecule has 5 heteroatoms. The maximum absolute atomic E-state index is 11.9. The minimum Gasteiger partial charge on any atom is -0.295 e. The van der Waals surface area contributed by atoms with E-state index in [0.717, 1.165) is 4.90 Å². The number of hydrogen-bond acceptors (Lipinski definition) is 4. The number of likely N-dealkylation sites (N-methyl/N-ethyl adjacent to an activating group) is 1. The molecule has 21 heavy (non-hydrogen) atoms. The van der Waals surface area contributed by atoms with Gasteiger partial charge in [0.05, 0.1) is 5.57 Å². The third kappa shape index (κ3) is 2.91. The summed E-state index contributed by atoms with van der Waals surface area (Å²) < 4.78 is 0. The Morgan fingerprint density at radius 3 is 2.00 bits per heavy atom. The van der Waals surface area contributed by atoms with Crippen molar-refractivity contribution in [1.29, 1.82) is 0 Å². The molecule has 0 bridgehead atoms. The molecule has 0 saturated carbocycles. The zero-order chi connectivity index (χ0) is 16.3. The van der Waals surface area contributed by atoms with Crippen LogP contribution in [0.1, 0.15) is 34.1 Å². The Balaban J connectivity index is 0.00000106. The van der Waals surface area contributed by atoms with Gasteiger partial charge in [0, 0.05) is 23.8 Å². The second kappa shape index (κ2) is 6.43. The number of ketones is 2. The molecule has 1 aliphatic carbocycles. The van der Waals surface area contributed by atoms with Gasteiger partial charge in [-0.2, -0.15) is 0 Å². The first-order valence-electron chi connectivity index (χ1n) is 6.84. The van der Waals surface area contributed by atoms with Gasteiger partial charge in [0.1, 0.15) is 0 Å². The van der Waals surface area contributed by atoms with Gasteiger partial charge in [-0.25, -0.2) is 0 Å². The largest absolute Gasteiger partial charge is 0.295 e. The van der Waals surface area contributed by atoms with E-state index < -0.39 is 11.8 Å². The van der Waals surface area contributed by atoms with Gasteiger partial charge in [-0.05, 0) is 26.3 Å². The van der Waals surface area contributed by atoms with Crippen molar-refractivity contribution in [3.8, 4) is 0 Å². The zero-order valence-corrected chi connectivity index (χ0v) is 12.9. The molecule has 0 atom stereocenters. The van der Waals surface area contributed by atoms with Crippen LogP contribution >= 0.6 is 0 Å². The molecular weight excluding hydrogens is 270 g/mol. The number of rotatable bonds is 2. The maximum Gasteiger partial charge on any atom is 0.261 e. The van der Waals surface area contributed by atoms with E-state index in [1.54, 1.807) is 6.08 Å². The van der Waals surface area contributed by atoms with E-state index in [2.05, 4.69) is 0 Å². The molecule has 1 heterocycles. The van der Waals surface area contributed by atoms with Gasteiger partial charge in [-0.3, -0.25) is 24.1 Å². The Morgan fingerprint density at radius 1 is 1.00 bits per heavy atom. The van der Waals surface area contributed by atoms with Gasteiger partial charge in [-0.1, -0.05) is 19.9 Å². The first-order valence-corrected chi connectivity index (χ1v) is 6.84. The summed E-state index contributed by atoms with van der Waals surface area (Å²) in [6.45, 7) is 6.71. The molecule has 0 unspecified atom stereocenters. The molecule has 0 aromatic carbocycles. The molecule has 112 valence electrons. The third-order valence-electron chi connectivity index (χ3n) is 3.29.